The molecule has 1 atom stereocenters. The lowest BCUT2D eigenvalue weighted by molar-refractivity contribution is -0.140. The van der Waals surface area contributed by atoms with Crippen molar-refractivity contribution in [2.75, 3.05) is 0 Å². The Hall–Kier alpha value is -2.14. The van der Waals surface area contributed by atoms with Gasteiger partial charge < -0.3 is 10.2 Å². The summed E-state index contributed by atoms with van der Waals surface area (Å²) in [4.78, 5) is 28.0. The molecule has 0 radical (unpaired) electrons. The van der Waals surface area contributed by atoms with Gasteiger partial charge in [-0.1, -0.05) is 77.2 Å². The highest BCUT2D eigenvalue weighted by atomic mass is 79.9. The molecule has 30 heavy (non-hydrogen) atoms. The Kier molecular flexibility index (Phi) is 8.08. The lowest BCUT2D eigenvalue weighted by Gasteiger charge is -2.31. The van der Waals surface area contributed by atoms with E-state index in [1.54, 1.807) is 4.90 Å². The van der Waals surface area contributed by atoms with Gasteiger partial charge in [-0.25, -0.2) is 0 Å². The summed E-state index contributed by atoms with van der Waals surface area (Å²) in [6.45, 7) is 4.27. The van der Waals surface area contributed by atoms with Crippen LogP contribution in [0, 0.1) is 6.92 Å². The average Bonchev–Trinajstić information content (AvgIpc) is 2.74. The van der Waals surface area contributed by atoms with Crippen LogP contribution in [-0.2, 0) is 22.6 Å². The molecule has 1 aliphatic carbocycles. The number of carbonyl (C=O) groups is 2. The molecule has 4 nitrogen and oxygen atoms in total. The Bertz CT molecular complexity index is 860. The summed E-state index contributed by atoms with van der Waals surface area (Å²) < 4.78 is 0.963. The quantitative estimate of drug-likeness (QED) is 0.606. The van der Waals surface area contributed by atoms with Crippen LogP contribution in [0.5, 0.6) is 0 Å². The highest BCUT2D eigenvalue weighted by Crippen LogP contribution is 2.19. The van der Waals surface area contributed by atoms with Crippen molar-refractivity contribution in [3.05, 3.63) is 69.7 Å². The molecule has 0 aliphatic heterocycles. The standard InChI is InChI=1S/C25H31BrN2O2/c1-18-11-13-20(14-12-18)16-24(29)28(17-21-7-6-8-22(26)15-21)19(2)25(30)27-23-9-4-3-5-10-23/h6-8,11-15,19,23H,3-5,9-10,16-17H2,1-2H3,(H,27,30)/t19-/m1/s1. The molecular weight excluding hydrogens is 440 g/mol. The van der Waals surface area contributed by atoms with Crippen molar-refractivity contribution in [2.45, 2.75) is 71.0 Å². The minimum absolute atomic E-state index is 0.0369. The van der Waals surface area contributed by atoms with Gasteiger partial charge in [0.2, 0.25) is 11.8 Å². The molecule has 0 heterocycles. The van der Waals surface area contributed by atoms with Gasteiger partial charge in [-0.05, 0) is 49.9 Å². The second-order valence-electron chi connectivity index (χ2n) is 8.33. The molecule has 1 N–H and O–H groups in total. The summed E-state index contributed by atoms with van der Waals surface area (Å²) >= 11 is 3.50. The number of benzene rings is 2. The van der Waals surface area contributed by atoms with Crippen LogP contribution in [0.25, 0.3) is 0 Å². The molecule has 1 fully saturated rings. The zero-order valence-electron chi connectivity index (χ0n) is 17.9. The number of carbonyl (C=O) groups excluding carboxylic acids is 2. The number of hydrogen-bond acceptors (Lipinski definition) is 2. The molecule has 5 heteroatoms. The summed E-state index contributed by atoms with van der Waals surface area (Å²) in [7, 11) is 0. The van der Waals surface area contributed by atoms with Gasteiger partial charge in [0.25, 0.3) is 0 Å². The molecule has 1 aliphatic rings. The van der Waals surface area contributed by atoms with E-state index in [1.807, 2.05) is 62.4 Å². The number of aryl methyl sites for hydroxylation is 1. The van der Waals surface area contributed by atoms with E-state index in [0.717, 1.165) is 46.8 Å². The lowest BCUT2D eigenvalue weighted by Crippen LogP contribution is -2.50. The van der Waals surface area contributed by atoms with Crippen molar-refractivity contribution in [1.82, 2.24) is 10.2 Å². The average molecular weight is 471 g/mol. The van der Waals surface area contributed by atoms with E-state index in [4.69, 9.17) is 0 Å². The van der Waals surface area contributed by atoms with Crippen LogP contribution in [0.15, 0.2) is 53.0 Å². The van der Waals surface area contributed by atoms with Crippen LogP contribution in [0.4, 0.5) is 0 Å². The van der Waals surface area contributed by atoms with Crippen molar-refractivity contribution >= 4 is 27.7 Å². The summed E-state index contributed by atoms with van der Waals surface area (Å²) in [5.41, 5.74) is 3.13. The highest BCUT2D eigenvalue weighted by Gasteiger charge is 2.28. The zero-order chi connectivity index (χ0) is 21.5. The predicted molar refractivity (Wildman–Crippen MR) is 124 cm³/mol. The third-order valence-electron chi connectivity index (χ3n) is 5.84. The smallest absolute Gasteiger partial charge is 0.242 e. The zero-order valence-corrected chi connectivity index (χ0v) is 19.5. The van der Waals surface area contributed by atoms with E-state index in [1.165, 1.54) is 6.42 Å². The normalized spacial score (nSPS) is 15.4. The fraction of sp³-hybridized carbons (Fsp3) is 0.440. The van der Waals surface area contributed by atoms with Crippen molar-refractivity contribution < 1.29 is 9.59 Å². The van der Waals surface area contributed by atoms with Crippen molar-refractivity contribution in [3.63, 3.8) is 0 Å². The first kappa shape index (κ1) is 22.5. The minimum atomic E-state index is -0.524. The summed E-state index contributed by atoms with van der Waals surface area (Å²) in [5, 5.41) is 3.18. The largest absolute Gasteiger partial charge is 0.352 e. The maximum Gasteiger partial charge on any atom is 0.242 e. The summed E-state index contributed by atoms with van der Waals surface area (Å²) in [6.07, 6.45) is 5.91. The molecule has 0 spiro atoms. The van der Waals surface area contributed by atoms with Crippen LogP contribution < -0.4 is 5.32 Å². The lowest BCUT2D eigenvalue weighted by atomic mass is 9.95. The van der Waals surface area contributed by atoms with Gasteiger partial charge in [-0.3, -0.25) is 9.59 Å². The maximum atomic E-state index is 13.3. The first-order valence-corrected chi connectivity index (χ1v) is 11.6. The van der Waals surface area contributed by atoms with Crippen molar-refractivity contribution in [1.29, 1.82) is 0 Å². The Morgan fingerprint density at radius 3 is 2.43 bits per heavy atom. The van der Waals surface area contributed by atoms with Gasteiger partial charge in [-0.2, -0.15) is 0 Å². The van der Waals surface area contributed by atoms with Crippen LogP contribution in [-0.4, -0.2) is 28.8 Å². The van der Waals surface area contributed by atoms with Crippen molar-refractivity contribution in [3.8, 4) is 0 Å². The van der Waals surface area contributed by atoms with Crippen LogP contribution in [0.2, 0.25) is 0 Å². The molecule has 0 saturated heterocycles. The minimum Gasteiger partial charge on any atom is -0.352 e. The van der Waals surface area contributed by atoms with Gasteiger partial charge in [0.15, 0.2) is 0 Å². The first-order chi connectivity index (χ1) is 14.4. The Labute approximate surface area is 188 Å². The molecule has 0 unspecified atom stereocenters. The molecule has 0 bridgehead atoms. The maximum absolute atomic E-state index is 13.3. The third kappa shape index (κ3) is 6.43. The summed E-state index contributed by atoms with van der Waals surface area (Å²) in [6, 6.07) is 15.6. The second kappa shape index (κ2) is 10.8. The SMILES string of the molecule is Cc1ccc(CC(=O)N(Cc2cccc(Br)c2)[C@H](C)C(=O)NC2CCCCC2)cc1. The van der Waals surface area contributed by atoms with Gasteiger partial charge in [-0.15, -0.1) is 0 Å². The molecule has 2 aromatic rings. The monoisotopic (exact) mass is 470 g/mol. The molecule has 2 amide bonds. The molecule has 160 valence electrons. The predicted octanol–water partition coefficient (Wildman–Crippen LogP) is 5.17. The first-order valence-electron chi connectivity index (χ1n) is 10.8. The van der Waals surface area contributed by atoms with Crippen LogP contribution in [0.3, 0.4) is 0 Å². The van der Waals surface area contributed by atoms with Gasteiger partial charge >= 0.3 is 0 Å². The van der Waals surface area contributed by atoms with E-state index in [-0.39, 0.29) is 24.3 Å². The molecular formula is C25H31BrN2O2. The number of nitrogens with zero attached hydrogens (tertiary/aromatic N) is 1. The van der Waals surface area contributed by atoms with Gasteiger partial charge in [0.1, 0.15) is 6.04 Å². The van der Waals surface area contributed by atoms with Crippen LogP contribution in [0.1, 0.15) is 55.7 Å². The molecule has 1 saturated carbocycles. The highest BCUT2D eigenvalue weighted by molar-refractivity contribution is 9.10. The number of amides is 2. The van der Waals surface area contributed by atoms with Gasteiger partial charge in [0.05, 0.1) is 6.42 Å². The number of rotatable bonds is 7. The molecule has 0 aromatic heterocycles. The Balaban J connectivity index is 1.75. The molecule has 3 rings (SSSR count). The summed E-state index contributed by atoms with van der Waals surface area (Å²) in [5.74, 6) is -0.0979. The Morgan fingerprint density at radius 2 is 1.77 bits per heavy atom. The van der Waals surface area contributed by atoms with E-state index in [2.05, 4.69) is 21.2 Å². The van der Waals surface area contributed by atoms with Crippen LogP contribution >= 0.6 is 15.9 Å². The second-order valence-corrected chi connectivity index (χ2v) is 9.25. The Morgan fingerprint density at radius 1 is 1.07 bits per heavy atom. The fourth-order valence-electron chi connectivity index (χ4n) is 3.97. The van der Waals surface area contributed by atoms with Crippen molar-refractivity contribution in [2.24, 2.45) is 0 Å². The number of nitrogens with one attached hydrogen (secondary N) is 1. The fourth-order valence-corrected chi connectivity index (χ4v) is 4.41. The topological polar surface area (TPSA) is 49.4 Å². The number of halogens is 1. The van der Waals surface area contributed by atoms with E-state index in [9.17, 15) is 9.59 Å². The van der Waals surface area contributed by atoms with E-state index >= 15 is 0 Å². The number of hydrogen-bond donors (Lipinski definition) is 1. The van der Waals surface area contributed by atoms with Gasteiger partial charge in [0, 0.05) is 17.1 Å². The third-order valence-corrected chi connectivity index (χ3v) is 6.33. The van der Waals surface area contributed by atoms with E-state index < -0.39 is 6.04 Å². The molecule has 2 aromatic carbocycles. The van der Waals surface area contributed by atoms with E-state index in [0.29, 0.717) is 6.54 Å².